The maximum Gasteiger partial charge on any atom is 0.258 e. The fraction of sp³-hybridized carbons (Fsp3) is 0.577. The van der Waals surface area contributed by atoms with Crippen molar-refractivity contribution in [1.29, 1.82) is 0 Å². The van der Waals surface area contributed by atoms with Gasteiger partial charge < -0.3 is 29.7 Å². The van der Waals surface area contributed by atoms with Crippen molar-refractivity contribution >= 4 is 23.5 Å². The minimum Gasteiger partial charge on any atom is -0.495 e. The van der Waals surface area contributed by atoms with E-state index in [1.165, 1.54) is 12.8 Å². The van der Waals surface area contributed by atoms with E-state index in [2.05, 4.69) is 20.5 Å². The zero-order valence-electron chi connectivity index (χ0n) is 20.9. The molecule has 2 unspecified atom stereocenters. The molecule has 1 spiro atoms. The summed E-state index contributed by atoms with van der Waals surface area (Å²) >= 11 is 6.29. The average molecular weight is 516 g/mol. The first kappa shape index (κ1) is 25.0. The average Bonchev–Trinajstić information content (AvgIpc) is 3.66. The number of piperidine rings is 1. The highest BCUT2D eigenvalue weighted by atomic mass is 35.5. The first-order chi connectivity index (χ1) is 17.5. The van der Waals surface area contributed by atoms with Crippen LogP contribution in [0.15, 0.2) is 24.4 Å². The van der Waals surface area contributed by atoms with Gasteiger partial charge in [-0.1, -0.05) is 17.7 Å². The standard InChI is InChI=1S/C26H34ClN5O4/c1-17(22-15-28-9-12-35-22)30-23(33)19-14-29-25(32-10-7-26(5-6-26)8-11-32)31-24(19)36-16-18-3-4-21(34-2)20(27)13-18/h3-4,13-14,17,22,28H,5-12,15-16H2,1-2H3,(H,30,33). The first-order valence-electron chi connectivity index (χ1n) is 12.7. The third kappa shape index (κ3) is 5.68. The molecular formula is C26H34ClN5O4. The molecule has 36 heavy (non-hydrogen) atoms. The van der Waals surface area contributed by atoms with Gasteiger partial charge in [0.05, 0.1) is 30.9 Å². The molecule has 2 saturated heterocycles. The number of nitrogens with one attached hydrogen (secondary N) is 2. The highest BCUT2D eigenvalue weighted by molar-refractivity contribution is 6.32. The van der Waals surface area contributed by atoms with E-state index in [-0.39, 0.29) is 30.5 Å². The van der Waals surface area contributed by atoms with Crippen molar-refractivity contribution < 1.29 is 19.0 Å². The molecule has 2 aromatic rings. The number of amides is 1. The number of carbonyl (C=O) groups excluding carboxylic acids is 1. The summed E-state index contributed by atoms with van der Waals surface area (Å²) in [5.41, 5.74) is 1.69. The molecule has 3 aliphatic rings. The van der Waals surface area contributed by atoms with Crippen LogP contribution in [0.5, 0.6) is 11.6 Å². The summed E-state index contributed by atoms with van der Waals surface area (Å²) in [6, 6.07) is 5.27. The van der Waals surface area contributed by atoms with E-state index in [9.17, 15) is 4.79 Å². The quantitative estimate of drug-likeness (QED) is 0.553. The van der Waals surface area contributed by atoms with Gasteiger partial charge in [0.1, 0.15) is 17.9 Å². The van der Waals surface area contributed by atoms with Gasteiger partial charge in [-0.15, -0.1) is 0 Å². The van der Waals surface area contributed by atoms with Crippen LogP contribution in [0.1, 0.15) is 48.5 Å². The molecule has 1 amide bonds. The lowest BCUT2D eigenvalue weighted by Crippen LogP contribution is -2.50. The largest absolute Gasteiger partial charge is 0.495 e. The molecule has 3 heterocycles. The van der Waals surface area contributed by atoms with Crippen LogP contribution in [-0.2, 0) is 11.3 Å². The predicted molar refractivity (Wildman–Crippen MR) is 137 cm³/mol. The number of aromatic nitrogens is 2. The maximum absolute atomic E-state index is 13.3. The number of methoxy groups -OCH3 is 1. The minimum absolute atomic E-state index is 0.100. The van der Waals surface area contributed by atoms with Crippen LogP contribution in [0, 0.1) is 5.41 Å². The van der Waals surface area contributed by atoms with E-state index < -0.39 is 0 Å². The Kier molecular flexibility index (Phi) is 7.50. The van der Waals surface area contributed by atoms with Gasteiger partial charge in [-0.25, -0.2) is 4.98 Å². The number of hydrogen-bond acceptors (Lipinski definition) is 8. The van der Waals surface area contributed by atoms with Crippen LogP contribution in [-0.4, -0.2) is 67.9 Å². The fourth-order valence-electron chi connectivity index (χ4n) is 4.87. The van der Waals surface area contributed by atoms with Gasteiger partial charge in [0.2, 0.25) is 11.8 Å². The molecule has 2 atom stereocenters. The van der Waals surface area contributed by atoms with E-state index in [1.54, 1.807) is 25.4 Å². The smallest absolute Gasteiger partial charge is 0.258 e. The molecule has 0 bridgehead atoms. The summed E-state index contributed by atoms with van der Waals surface area (Å²) < 4.78 is 17.1. The number of halogens is 1. The topological polar surface area (TPSA) is 97.8 Å². The van der Waals surface area contributed by atoms with Crippen molar-refractivity contribution in [3.63, 3.8) is 0 Å². The second-order valence-electron chi connectivity index (χ2n) is 10.0. The molecule has 1 aliphatic carbocycles. The summed E-state index contributed by atoms with van der Waals surface area (Å²) in [4.78, 5) is 24.7. The maximum atomic E-state index is 13.3. The van der Waals surface area contributed by atoms with Crippen molar-refractivity contribution in [3.05, 3.63) is 40.5 Å². The van der Waals surface area contributed by atoms with Gasteiger partial charge in [0.25, 0.3) is 5.91 Å². The highest BCUT2D eigenvalue weighted by Crippen LogP contribution is 2.53. The Labute approximate surface area is 216 Å². The molecule has 5 rings (SSSR count). The summed E-state index contributed by atoms with van der Waals surface area (Å²) in [5, 5.41) is 6.82. The molecule has 194 valence electrons. The van der Waals surface area contributed by atoms with Gasteiger partial charge in [-0.05, 0) is 55.7 Å². The summed E-state index contributed by atoms with van der Waals surface area (Å²) in [6.45, 7) is 6.11. The molecule has 1 aromatic heterocycles. The van der Waals surface area contributed by atoms with Gasteiger partial charge in [0, 0.05) is 32.4 Å². The van der Waals surface area contributed by atoms with Crippen LogP contribution < -0.4 is 25.0 Å². The van der Waals surface area contributed by atoms with Gasteiger partial charge in [0.15, 0.2) is 0 Å². The molecule has 9 nitrogen and oxygen atoms in total. The number of carbonyl (C=O) groups is 1. The molecule has 3 fully saturated rings. The Morgan fingerprint density at radius 2 is 2.14 bits per heavy atom. The summed E-state index contributed by atoms with van der Waals surface area (Å²) in [6.07, 6.45) is 6.45. The summed E-state index contributed by atoms with van der Waals surface area (Å²) in [7, 11) is 1.58. The molecule has 1 saturated carbocycles. The normalized spacial score (nSPS) is 21.6. The van der Waals surface area contributed by atoms with Crippen molar-refractivity contribution in [1.82, 2.24) is 20.6 Å². The Bertz CT molecular complexity index is 1080. The lowest BCUT2D eigenvalue weighted by Gasteiger charge is -2.32. The number of ether oxygens (including phenoxy) is 3. The molecule has 2 N–H and O–H groups in total. The number of anilines is 1. The number of nitrogens with zero attached hydrogens (tertiary/aromatic N) is 3. The number of hydrogen-bond donors (Lipinski definition) is 2. The summed E-state index contributed by atoms with van der Waals surface area (Å²) in [5.74, 6) is 1.15. The van der Waals surface area contributed by atoms with E-state index in [0.717, 1.165) is 38.0 Å². The van der Waals surface area contributed by atoms with E-state index in [4.69, 9.17) is 30.8 Å². The zero-order chi connectivity index (χ0) is 25.1. The fourth-order valence-corrected chi connectivity index (χ4v) is 5.15. The van der Waals surface area contributed by atoms with Crippen LogP contribution in [0.4, 0.5) is 5.95 Å². The predicted octanol–water partition coefficient (Wildman–Crippen LogP) is 3.20. The lowest BCUT2D eigenvalue weighted by atomic mass is 9.94. The Morgan fingerprint density at radius 1 is 1.33 bits per heavy atom. The van der Waals surface area contributed by atoms with Gasteiger partial charge >= 0.3 is 0 Å². The van der Waals surface area contributed by atoms with Crippen molar-refractivity contribution in [2.45, 2.75) is 51.4 Å². The molecule has 1 aromatic carbocycles. The highest BCUT2D eigenvalue weighted by Gasteiger charge is 2.44. The Hall–Kier alpha value is -2.62. The molecule has 2 aliphatic heterocycles. The van der Waals surface area contributed by atoms with E-state index in [1.807, 2.05) is 13.0 Å². The molecule has 10 heteroatoms. The van der Waals surface area contributed by atoms with Crippen LogP contribution >= 0.6 is 11.6 Å². The second kappa shape index (κ2) is 10.8. The first-order valence-corrected chi connectivity index (χ1v) is 13.0. The monoisotopic (exact) mass is 515 g/mol. The third-order valence-electron chi connectivity index (χ3n) is 7.51. The van der Waals surface area contributed by atoms with Crippen LogP contribution in [0.25, 0.3) is 0 Å². The van der Waals surface area contributed by atoms with Crippen LogP contribution in [0.3, 0.4) is 0 Å². The zero-order valence-corrected chi connectivity index (χ0v) is 21.6. The lowest BCUT2D eigenvalue weighted by molar-refractivity contribution is 0.00855. The Morgan fingerprint density at radius 3 is 2.81 bits per heavy atom. The SMILES string of the molecule is COc1ccc(COc2nc(N3CCC4(CC3)CC4)ncc2C(=O)NC(C)C2CNCCO2)cc1Cl. The minimum atomic E-state index is -0.290. The molecule has 0 radical (unpaired) electrons. The van der Waals surface area contributed by atoms with Gasteiger partial charge in [-0.3, -0.25) is 4.79 Å². The Balaban J connectivity index is 1.33. The second-order valence-corrected chi connectivity index (χ2v) is 10.4. The van der Waals surface area contributed by atoms with Crippen molar-refractivity contribution in [2.24, 2.45) is 5.41 Å². The third-order valence-corrected chi connectivity index (χ3v) is 7.81. The van der Waals surface area contributed by atoms with E-state index in [0.29, 0.717) is 40.9 Å². The van der Waals surface area contributed by atoms with Crippen molar-refractivity contribution in [3.8, 4) is 11.6 Å². The van der Waals surface area contributed by atoms with E-state index >= 15 is 0 Å². The van der Waals surface area contributed by atoms with Crippen LogP contribution in [0.2, 0.25) is 5.02 Å². The number of benzene rings is 1. The number of rotatable bonds is 8. The van der Waals surface area contributed by atoms with Gasteiger partial charge in [-0.2, -0.15) is 4.98 Å². The molecular weight excluding hydrogens is 482 g/mol. The number of morpholine rings is 1. The van der Waals surface area contributed by atoms with Crippen molar-refractivity contribution in [2.75, 3.05) is 44.8 Å².